The van der Waals surface area contributed by atoms with Gasteiger partial charge in [-0.15, -0.1) is 0 Å². The zero-order chi connectivity index (χ0) is 14.9. The van der Waals surface area contributed by atoms with Gasteiger partial charge in [-0.25, -0.2) is 0 Å². The summed E-state index contributed by atoms with van der Waals surface area (Å²) in [7, 11) is 0. The van der Waals surface area contributed by atoms with Crippen molar-refractivity contribution in [1.29, 1.82) is 0 Å². The average molecular weight is 277 g/mol. The van der Waals surface area contributed by atoms with Gasteiger partial charge in [0, 0.05) is 13.1 Å². The summed E-state index contributed by atoms with van der Waals surface area (Å²) in [4.78, 5) is 0. The highest BCUT2D eigenvalue weighted by molar-refractivity contribution is 5.64. The molecule has 0 fully saturated rings. The van der Waals surface area contributed by atoms with Crippen LogP contribution in [-0.4, -0.2) is 13.1 Å². The van der Waals surface area contributed by atoms with E-state index in [0.717, 1.165) is 13.1 Å². The van der Waals surface area contributed by atoms with Gasteiger partial charge in [-0.05, 0) is 36.1 Å². The molecule has 0 aliphatic carbocycles. The van der Waals surface area contributed by atoms with Crippen LogP contribution in [0.1, 0.15) is 25.0 Å². The van der Waals surface area contributed by atoms with E-state index in [1.807, 2.05) is 12.1 Å². The predicted octanol–water partition coefficient (Wildman–Crippen LogP) is 4.78. The number of hydrogen-bond donors (Lipinski definition) is 1. The normalized spacial score (nSPS) is 12.5. The van der Waals surface area contributed by atoms with E-state index in [9.17, 15) is 0 Å². The molecule has 1 nitrogen and oxygen atoms in total. The third-order valence-corrected chi connectivity index (χ3v) is 3.56. The van der Waals surface area contributed by atoms with Crippen LogP contribution in [0.4, 0.5) is 0 Å². The van der Waals surface area contributed by atoms with Gasteiger partial charge in [-0.2, -0.15) is 0 Å². The van der Waals surface area contributed by atoms with Crippen LogP contribution in [0.2, 0.25) is 0 Å². The molecule has 21 heavy (non-hydrogen) atoms. The van der Waals surface area contributed by atoms with Gasteiger partial charge in [-0.1, -0.05) is 72.8 Å². The fourth-order valence-electron chi connectivity index (χ4n) is 2.17. The van der Waals surface area contributed by atoms with Gasteiger partial charge in [0.05, 0.1) is 0 Å². The van der Waals surface area contributed by atoms with Crippen molar-refractivity contribution in [2.75, 3.05) is 13.1 Å². The second kappa shape index (κ2) is 8.23. The number of allylic oxidation sites excluding steroid dienone is 2. The Morgan fingerprint density at radius 1 is 0.714 bits per heavy atom. The van der Waals surface area contributed by atoms with Gasteiger partial charge in [0.1, 0.15) is 0 Å². The molecule has 2 aromatic rings. The molecule has 0 atom stereocenters. The van der Waals surface area contributed by atoms with Crippen molar-refractivity contribution in [2.24, 2.45) is 0 Å². The lowest BCUT2D eigenvalue weighted by molar-refractivity contribution is 0.844. The van der Waals surface area contributed by atoms with Crippen molar-refractivity contribution < 1.29 is 0 Å². The lowest BCUT2D eigenvalue weighted by atomic mass is 10.1. The van der Waals surface area contributed by atoms with E-state index in [0.29, 0.717) is 0 Å². The first-order chi connectivity index (χ1) is 10.3. The van der Waals surface area contributed by atoms with E-state index in [4.69, 9.17) is 0 Å². The molecule has 0 saturated heterocycles. The summed E-state index contributed by atoms with van der Waals surface area (Å²) in [6.45, 7) is 6.09. The molecule has 0 bridgehead atoms. The molecule has 2 aromatic carbocycles. The minimum Gasteiger partial charge on any atom is -0.310 e. The Balaban J connectivity index is 1.80. The maximum Gasteiger partial charge on any atom is 0.0143 e. The lowest BCUT2D eigenvalue weighted by Gasteiger charge is -2.04. The molecular weight excluding hydrogens is 254 g/mol. The van der Waals surface area contributed by atoms with E-state index < -0.39 is 0 Å². The quantitative estimate of drug-likeness (QED) is 0.749. The Morgan fingerprint density at radius 2 is 1.10 bits per heavy atom. The molecule has 0 unspecified atom stereocenters. The molecule has 0 spiro atoms. The second-order valence-corrected chi connectivity index (χ2v) is 5.16. The average Bonchev–Trinajstić information content (AvgIpc) is 2.55. The molecule has 0 aliphatic rings. The largest absolute Gasteiger partial charge is 0.310 e. The monoisotopic (exact) mass is 277 g/mol. The highest BCUT2D eigenvalue weighted by Crippen LogP contribution is 2.12. The Hall–Kier alpha value is -2.12. The van der Waals surface area contributed by atoms with Gasteiger partial charge < -0.3 is 5.32 Å². The Morgan fingerprint density at radius 3 is 1.48 bits per heavy atom. The molecule has 0 heterocycles. The van der Waals surface area contributed by atoms with Crippen LogP contribution in [0.3, 0.4) is 0 Å². The van der Waals surface area contributed by atoms with Crippen molar-refractivity contribution in [3.05, 3.63) is 83.9 Å². The minimum absolute atomic E-state index is 0.888. The van der Waals surface area contributed by atoms with Crippen LogP contribution in [0.25, 0.3) is 11.1 Å². The smallest absolute Gasteiger partial charge is 0.0143 e. The van der Waals surface area contributed by atoms with Gasteiger partial charge in [0.2, 0.25) is 0 Å². The predicted molar refractivity (Wildman–Crippen MR) is 93.1 cm³/mol. The summed E-state index contributed by atoms with van der Waals surface area (Å²) in [5, 5.41) is 3.43. The molecule has 2 rings (SSSR count). The highest BCUT2D eigenvalue weighted by Gasteiger charge is 1.94. The van der Waals surface area contributed by atoms with Crippen LogP contribution in [0.5, 0.6) is 0 Å². The maximum absolute atomic E-state index is 3.43. The summed E-state index contributed by atoms with van der Waals surface area (Å²) in [6, 6.07) is 21.0. The summed E-state index contributed by atoms with van der Waals surface area (Å²) in [6.07, 6.45) is 4.47. The molecule has 1 heteroatoms. The lowest BCUT2D eigenvalue weighted by Crippen LogP contribution is -2.13. The van der Waals surface area contributed by atoms with Gasteiger partial charge in [0.25, 0.3) is 0 Å². The van der Waals surface area contributed by atoms with Crippen molar-refractivity contribution in [2.45, 2.75) is 13.8 Å². The Labute approximate surface area is 128 Å². The van der Waals surface area contributed by atoms with Gasteiger partial charge in [0.15, 0.2) is 0 Å². The number of nitrogens with one attached hydrogen (secondary N) is 1. The van der Waals surface area contributed by atoms with Crippen molar-refractivity contribution >= 4 is 11.1 Å². The van der Waals surface area contributed by atoms with Crippen LogP contribution in [-0.2, 0) is 0 Å². The van der Waals surface area contributed by atoms with E-state index in [1.54, 1.807) is 0 Å². The molecule has 0 radical (unpaired) electrons. The molecular formula is C20H23N. The highest BCUT2D eigenvalue weighted by atomic mass is 14.8. The van der Waals surface area contributed by atoms with Crippen LogP contribution in [0.15, 0.2) is 72.8 Å². The first-order valence-corrected chi connectivity index (χ1v) is 7.42. The SMILES string of the molecule is CC(=CCNCC=C(C)c1ccccc1)c1ccccc1. The number of hydrogen-bond acceptors (Lipinski definition) is 1. The number of rotatable bonds is 6. The topological polar surface area (TPSA) is 12.0 Å². The zero-order valence-corrected chi connectivity index (χ0v) is 12.8. The minimum atomic E-state index is 0.888. The molecule has 0 amide bonds. The zero-order valence-electron chi connectivity index (χ0n) is 12.8. The van der Waals surface area contributed by atoms with E-state index in [2.05, 4.69) is 79.8 Å². The van der Waals surface area contributed by atoms with Crippen LogP contribution < -0.4 is 5.32 Å². The molecule has 0 saturated carbocycles. The Bertz CT molecular complexity index is 539. The van der Waals surface area contributed by atoms with Gasteiger partial charge in [-0.3, -0.25) is 0 Å². The molecule has 0 aliphatic heterocycles. The van der Waals surface area contributed by atoms with E-state index in [-0.39, 0.29) is 0 Å². The summed E-state index contributed by atoms with van der Waals surface area (Å²) in [5.74, 6) is 0. The summed E-state index contributed by atoms with van der Waals surface area (Å²) < 4.78 is 0. The molecule has 1 N–H and O–H groups in total. The molecule has 0 aromatic heterocycles. The Kier molecular flexibility index (Phi) is 5.99. The van der Waals surface area contributed by atoms with E-state index in [1.165, 1.54) is 22.3 Å². The third kappa shape index (κ3) is 5.05. The van der Waals surface area contributed by atoms with Gasteiger partial charge >= 0.3 is 0 Å². The fourth-order valence-corrected chi connectivity index (χ4v) is 2.17. The second-order valence-electron chi connectivity index (χ2n) is 5.16. The third-order valence-electron chi connectivity index (χ3n) is 3.56. The fraction of sp³-hybridized carbons (Fsp3) is 0.200. The molecule has 108 valence electrons. The van der Waals surface area contributed by atoms with Crippen LogP contribution >= 0.6 is 0 Å². The van der Waals surface area contributed by atoms with Crippen molar-refractivity contribution in [3.8, 4) is 0 Å². The standard InChI is InChI=1S/C20H23N/c1-17(19-9-5-3-6-10-19)13-15-21-16-14-18(2)20-11-7-4-8-12-20/h3-14,21H,15-16H2,1-2H3. The summed E-state index contributed by atoms with van der Waals surface area (Å²) >= 11 is 0. The van der Waals surface area contributed by atoms with E-state index >= 15 is 0 Å². The number of benzene rings is 2. The first-order valence-electron chi connectivity index (χ1n) is 7.42. The maximum atomic E-state index is 3.43. The van der Waals surface area contributed by atoms with Crippen molar-refractivity contribution in [3.63, 3.8) is 0 Å². The van der Waals surface area contributed by atoms with Crippen LogP contribution in [0, 0.1) is 0 Å². The summed E-state index contributed by atoms with van der Waals surface area (Å²) in [5.41, 5.74) is 5.20. The first kappa shape index (κ1) is 15.3. The van der Waals surface area contributed by atoms with Crippen molar-refractivity contribution in [1.82, 2.24) is 5.32 Å².